The molecule has 0 fully saturated rings. The highest BCUT2D eigenvalue weighted by Gasteiger charge is 2.07. The smallest absolute Gasteiger partial charge is 0.119 e. The molecule has 2 aromatic carbocycles. The van der Waals surface area contributed by atoms with Gasteiger partial charge in [-0.2, -0.15) is 0 Å². The molecule has 2 N–H and O–H groups in total. The van der Waals surface area contributed by atoms with Crippen molar-refractivity contribution in [3.63, 3.8) is 0 Å². The molecule has 0 aliphatic carbocycles. The average Bonchev–Trinajstić information content (AvgIpc) is 2.61. The number of ether oxygens (including phenoxy) is 1. The lowest BCUT2D eigenvalue weighted by molar-refractivity contribution is 0.150. The van der Waals surface area contributed by atoms with Crippen LogP contribution in [-0.4, -0.2) is 30.0 Å². The van der Waals surface area contributed by atoms with E-state index in [0.717, 1.165) is 41.9 Å². The number of aliphatic hydroxyl groups is 2. The van der Waals surface area contributed by atoms with Crippen LogP contribution in [0.5, 0.6) is 5.75 Å². The van der Waals surface area contributed by atoms with Crippen LogP contribution < -0.4 is 4.74 Å². The number of aliphatic hydroxyl groups excluding tert-OH is 2. The Morgan fingerprint density at radius 2 is 1.43 bits per heavy atom. The van der Waals surface area contributed by atoms with Gasteiger partial charge in [0.25, 0.3) is 0 Å². The van der Waals surface area contributed by atoms with Crippen molar-refractivity contribution < 1.29 is 14.9 Å². The molecule has 0 unspecified atom stereocenters. The molecule has 0 atom stereocenters. The standard InChI is InChI=1S/C20H26O3/c1-2-3-12-23-20-10-8-19(9-11-20)18-6-4-16(5-7-18)13-17(14-21)15-22/h4-11,17,21-22H,2-3,12-15H2,1H3. The summed E-state index contributed by atoms with van der Waals surface area (Å²) in [5.41, 5.74) is 3.43. The van der Waals surface area contributed by atoms with E-state index in [1.807, 2.05) is 12.1 Å². The summed E-state index contributed by atoms with van der Waals surface area (Å²) in [5.74, 6) is 0.827. The summed E-state index contributed by atoms with van der Waals surface area (Å²) < 4.78 is 5.68. The molecule has 0 aromatic heterocycles. The predicted molar refractivity (Wildman–Crippen MR) is 93.6 cm³/mol. The highest BCUT2D eigenvalue weighted by Crippen LogP contribution is 2.23. The van der Waals surface area contributed by atoms with E-state index in [9.17, 15) is 0 Å². The largest absolute Gasteiger partial charge is 0.494 e. The third-order valence-corrected chi connectivity index (χ3v) is 3.95. The highest BCUT2D eigenvalue weighted by atomic mass is 16.5. The molecule has 0 bridgehead atoms. The van der Waals surface area contributed by atoms with Crippen LogP contribution >= 0.6 is 0 Å². The molecule has 124 valence electrons. The molecular weight excluding hydrogens is 288 g/mol. The van der Waals surface area contributed by atoms with Crippen molar-refractivity contribution >= 4 is 0 Å². The van der Waals surface area contributed by atoms with Crippen molar-refractivity contribution in [2.75, 3.05) is 19.8 Å². The van der Waals surface area contributed by atoms with E-state index in [1.165, 1.54) is 0 Å². The van der Waals surface area contributed by atoms with Crippen molar-refractivity contribution in [3.05, 3.63) is 54.1 Å². The SMILES string of the molecule is CCCCOc1ccc(-c2ccc(CC(CO)CO)cc2)cc1. The first kappa shape index (κ1) is 17.5. The summed E-state index contributed by atoms with van der Waals surface area (Å²) in [6, 6.07) is 16.4. The maximum absolute atomic E-state index is 9.15. The van der Waals surface area contributed by atoms with Crippen molar-refractivity contribution in [1.82, 2.24) is 0 Å². The Morgan fingerprint density at radius 1 is 0.870 bits per heavy atom. The number of unbranched alkanes of at least 4 members (excludes halogenated alkanes) is 1. The lowest BCUT2D eigenvalue weighted by atomic mass is 9.98. The number of hydrogen-bond acceptors (Lipinski definition) is 3. The molecule has 0 amide bonds. The molecule has 2 rings (SSSR count). The third kappa shape index (κ3) is 5.38. The molecule has 0 saturated heterocycles. The van der Waals surface area contributed by atoms with Crippen LogP contribution in [0.2, 0.25) is 0 Å². The highest BCUT2D eigenvalue weighted by molar-refractivity contribution is 5.64. The van der Waals surface area contributed by atoms with Crippen LogP contribution in [0.3, 0.4) is 0 Å². The summed E-state index contributed by atoms with van der Waals surface area (Å²) >= 11 is 0. The summed E-state index contributed by atoms with van der Waals surface area (Å²) in [4.78, 5) is 0. The van der Waals surface area contributed by atoms with Gasteiger partial charge in [0, 0.05) is 19.1 Å². The Balaban J connectivity index is 1.98. The van der Waals surface area contributed by atoms with Crippen molar-refractivity contribution in [2.24, 2.45) is 5.92 Å². The molecule has 23 heavy (non-hydrogen) atoms. The zero-order chi connectivity index (χ0) is 16.5. The quantitative estimate of drug-likeness (QED) is 0.694. The van der Waals surface area contributed by atoms with Gasteiger partial charge in [0.2, 0.25) is 0 Å². The fourth-order valence-corrected chi connectivity index (χ4v) is 2.43. The minimum Gasteiger partial charge on any atom is -0.494 e. The molecule has 0 aliphatic rings. The van der Waals surface area contributed by atoms with Crippen LogP contribution in [0.25, 0.3) is 11.1 Å². The van der Waals surface area contributed by atoms with Crippen molar-refractivity contribution in [3.8, 4) is 16.9 Å². The van der Waals surface area contributed by atoms with Gasteiger partial charge in [0.15, 0.2) is 0 Å². The van der Waals surface area contributed by atoms with Gasteiger partial charge in [-0.15, -0.1) is 0 Å². The van der Waals surface area contributed by atoms with Crippen LogP contribution in [0.4, 0.5) is 0 Å². The summed E-state index contributed by atoms with van der Waals surface area (Å²) in [6.45, 7) is 2.94. The fraction of sp³-hybridized carbons (Fsp3) is 0.400. The Morgan fingerprint density at radius 3 is 1.96 bits per heavy atom. The second kappa shape index (κ2) is 9.33. The monoisotopic (exact) mass is 314 g/mol. The van der Waals surface area contributed by atoms with Gasteiger partial charge in [0.05, 0.1) is 6.61 Å². The molecule has 2 aromatic rings. The normalized spacial score (nSPS) is 11.0. The molecule has 0 heterocycles. The van der Waals surface area contributed by atoms with Crippen LogP contribution in [-0.2, 0) is 6.42 Å². The van der Waals surface area contributed by atoms with E-state index < -0.39 is 0 Å². The van der Waals surface area contributed by atoms with Gasteiger partial charge in [0.1, 0.15) is 5.75 Å². The number of rotatable bonds is 9. The molecule has 3 heteroatoms. The minimum atomic E-state index is -0.0830. The zero-order valence-electron chi connectivity index (χ0n) is 13.7. The van der Waals surface area contributed by atoms with E-state index >= 15 is 0 Å². The summed E-state index contributed by atoms with van der Waals surface area (Å²) in [7, 11) is 0. The van der Waals surface area contributed by atoms with Gasteiger partial charge in [-0.1, -0.05) is 49.7 Å². The zero-order valence-corrected chi connectivity index (χ0v) is 13.7. The Hall–Kier alpha value is -1.84. The second-order valence-electron chi connectivity index (χ2n) is 5.86. The average molecular weight is 314 g/mol. The van der Waals surface area contributed by atoms with Crippen LogP contribution in [0, 0.1) is 5.92 Å². The first-order valence-electron chi connectivity index (χ1n) is 8.30. The second-order valence-corrected chi connectivity index (χ2v) is 5.86. The van der Waals surface area contributed by atoms with Gasteiger partial charge >= 0.3 is 0 Å². The van der Waals surface area contributed by atoms with Gasteiger partial charge in [-0.05, 0) is 41.7 Å². The Kier molecular flexibility index (Phi) is 7.11. The van der Waals surface area contributed by atoms with Crippen molar-refractivity contribution in [2.45, 2.75) is 26.2 Å². The van der Waals surface area contributed by atoms with Gasteiger partial charge in [-0.25, -0.2) is 0 Å². The van der Waals surface area contributed by atoms with Gasteiger partial charge < -0.3 is 14.9 Å². The Bertz CT molecular complexity index is 556. The summed E-state index contributed by atoms with van der Waals surface area (Å²) in [5, 5.41) is 18.3. The van der Waals surface area contributed by atoms with E-state index in [-0.39, 0.29) is 19.1 Å². The predicted octanol–water partition coefficient (Wildman–Crippen LogP) is 3.68. The van der Waals surface area contributed by atoms with Crippen LogP contribution in [0.15, 0.2) is 48.5 Å². The third-order valence-electron chi connectivity index (χ3n) is 3.95. The first-order chi connectivity index (χ1) is 11.3. The van der Waals surface area contributed by atoms with E-state index in [2.05, 4.69) is 43.3 Å². The number of benzene rings is 2. The maximum Gasteiger partial charge on any atom is 0.119 e. The van der Waals surface area contributed by atoms with E-state index in [0.29, 0.717) is 6.42 Å². The maximum atomic E-state index is 9.15. The first-order valence-corrected chi connectivity index (χ1v) is 8.30. The molecule has 0 spiro atoms. The van der Waals surface area contributed by atoms with Gasteiger partial charge in [-0.3, -0.25) is 0 Å². The summed E-state index contributed by atoms with van der Waals surface area (Å²) in [6.07, 6.45) is 2.90. The topological polar surface area (TPSA) is 49.7 Å². The minimum absolute atomic E-state index is 0.0117. The number of hydrogen-bond donors (Lipinski definition) is 2. The van der Waals surface area contributed by atoms with Crippen LogP contribution in [0.1, 0.15) is 25.3 Å². The van der Waals surface area contributed by atoms with E-state index in [4.69, 9.17) is 14.9 Å². The molecular formula is C20H26O3. The molecule has 0 saturated carbocycles. The lowest BCUT2D eigenvalue weighted by Gasteiger charge is -2.11. The van der Waals surface area contributed by atoms with E-state index in [1.54, 1.807) is 0 Å². The Labute approximate surface area is 138 Å². The fourth-order valence-electron chi connectivity index (χ4n) is 2.43. The molecule has 0 aliphatic heterocycles. The lowest BCUT2D eigenvalue weighted by Crippen LogP contribution is -2.13. The van der Waals surface area contributed by atoms with Crippen molar-refractivity contribution in [1.29, 1.82) is 0 Å². The molecule has 0 radical (unpaired) electrons. The molecule has 3 nitrogen and oxygen atoms in total.